The number of fused-ring (bicyclic) bond motifs is 1. The second-order valence-electron chi connectivity index (χ2n) is 9.70. The topological polar surface area (TPSA) is 94.6 Å². The number of amides is 3. The van der Waals surface area contributed by atoms with Crippen molar-refractivity contribution in [1.82, 2.24) is 25.4 Å². The minimum absolute atomic E-state index is 0.0365. The molecule has 10 heteroatoms. The molecule has 1 saturated carbocycles. The highest BCUT2D eigenvalue weighted by Crippen LogP contribution is 2.28. The lowest BCUT2D eigenvalue weighted by Gasteiger charge is -2.37. The first kappa shape index (κ1) is 26.3. The van der Waals surface area contributed by atoms with E-state index in [1.54, 1.807) is 37.2 Å². The van der Waals surface area contributed by atoms with Gasteiger partial charge in [-0.1, -0.05) is 23.7 Å². The molecule has 4 rings (SSSR count). The molecule has 0 spiro atoms. The van der Waals surface area contributed by atoms with E-state index in [0.717, 1.165) is 35.6 Å². The van der Waals surface area contributed by atoms with Crippen LogP contribution in [0, 0.1) is 5.92 Å². The van der Waals surface area contributed by atoms with Crippen LogP contribution < -0.4 is 10.6 Å². The highest BCUT2D eigenvalue weighted by molar-refractivity contribution is 7.13. The molecule has 192 valence electrons. The Morgan fingerprint density at radius 3 is 2.61 bits per heavy atom. The molecular formula is C26H32ClN5O3S. The average molecular weight is 530 g/mol. The molecule has 2 N–H and O–H groups in total. The largest absolute Gasteiger partial charge is 0.349 e. The number of rotatable bonds is 6. The SMILES string of the molecule is CN1CCc2nc(C(=O)NC3CC(C(=O)N(C)C)CCC3NC(=O)/C=C/c3ccc(Cl)cc3)sc2C1. The minimum atomic E-state index is -0.378. The van der Waals surface area contributed by atoms with Crippen molar-refractivity contribution < 1.29 is 14.4 Å². The Morgan fingerprint density at radius 1 is 1.14 bits per heavy atom. The van der Waals surface area contributed by atoms with E-state index in [4.69, 9.17) is 11.6 Å². The lowest BCUT2D eigenvalue weighted by molar-refractivity contribution is -0.134. The van der Waals surface area contributed by atoms with Crippen molar-refractivity contribution >= 4 is 46.7 Å². The Kier molecular flexibility index (Phi) is 8.43. The van der Waals surface area contributed by atoms with E-state index in [2.05, 4.69) is 27.6 Å². The van der Waals surface area contributed by atoms with Crippen LogP contribution in [0.5, 0.6) is 0 Å². The summed E-state index contributed by atoms with van der Waals surface area (Å²) < 4.78 is 0. The number of nitrogens with one attached hydrogen (secondary N) is 2. The van der Waals surface area contributed by atoms with Crippen molar-refractivity contribution in [2.45, 2.75) is 44.3 Å². The summed E-state index contributed by atoms with van der Waals surface area (Å²) in [6.07, 6.45) is 5.73. The number of benzene rings is 1. The maximum atomic E-state index is 13.2. The number of nitrogens with zero attached hydrogens (tertiary/aromatic N) is 3. The molecule has 1 fully saturated rings. The van der Waals surface area contributed by atoms with Gasteiger partial charge in [-0.15, -0.1) is 11.3 Å². The van der Waals surface area contributed by atoms with Gasteiger partial charge in [-0.25, -0.2) is 4.98 Å². The molecular weight excluding hydrogens is 498 g/mol. The van der Waals surface area contributed by atoms with E-state index in [0.29, 0.717) is 29.3 Å². The van der Waals surface area contributed by atoms with Gasteiger partial charge in [0.05, 0.1) is 11.7 Å². The number of likely N-dealkylation sites (N-methyl/N-ethyl adjacent to an activating group) is 1. The number of halogens is 1. The lowest BCUT2D eigenvalue weighted by atomic mass is 9.81. The summed E-state index contributed by atoms with van der Waals surface area (Å²) in [6.45, 7) is 1.72. The Labute approximate surface area is 220 Å². The zero-order chi connectivity index (χ0) is 25.8. The van der Waals surface area contributed by atoms with Crippen LogP contribution >= 0.6 is 22.9 Å². The Balaban J connectivity index is 1.46. The van der Waals surface area contributed by atoms with Crippen LogP contribution in [0.4, 0.5) is 0 Å². The van der Waals surface area contributed by atoms with E-state index in [1.165, 1.54) is 17.4 Å². The molecule has 1 aromatic heterocycles. The van der Waals surface area contributed by atoms with Gasteiger partial charge in [0.25, 0.3) is 5.91 Å². The molecule has 3 amide bonds. The molecule has 1 aliphatic heterocycles. The summed E-state index contributed by atoms with van der Waals surface area (Å²) in [5.74, 6) is -0.675. The van der Waals surface area contributed by atoms with Gasteiger partial charge < -0.3 is 20.4 Å². The standard InChI is InChI=1S/C26H32ClN5O3S/c1-31(2)26(35)17-7-10-19(28-23(33)11-6-16-4-8-18(27)9-5-16)21(14-17)29-24(34)25-30-20-12-13-32(3)15-22(20)36-25/h4-6,8-9,11,17,19,21H,7,10,12-15H2,1-3H3,(H,28,33)(H,29,34)/b11-6+. The third-order valence-electron chi connectivity index (χ3n) is 6.70. The Hall–Kier alpha value is -2.75. The van der Waals surface area contributed by atoms with Crippen molar-refractivity contribution in [3.05, 3.63) is 56.5 Å². The molecule has 3 unspecified atom stereocenters. The first-order valence-corrected chi connectivity index (χ1v) is 13.3. The molecule has 2 aliphatic rings. The normalized spacial score (nSPS) is 22.2. The number of hydrogen-bond donors (Lipinski definition) is 2. The summed E-state index contributed by atoms with van der Waals surface area (Å²) in [6, 6.07) is 6.53. The third kappa shape index (κ3) is 6.52. The monoisotopic (exact) mass is 529 g/mol. The predicted molar refractivity (Wildman–Crippen MR) is 142 cm³/mol. The summed E-state index contributed by atoms with van der Waals surface area (Å²) in [5, 5.41) is 7.19. The van der Waals surface area contributed by atoms with E-state index in [9.17, 15) is 14.4 Å². The number of carbonyl (C=O) groups is 3. The Morgan fingerprint density at radius 2 is 1.89 bits per heavy atom. The zero-order valence-corrected chi connectivity index (χ0v) is 22.4. The lowest BCUT2D eigenvalue weighted by Crippen LogP contribution is -2.55. The van der Waals surface area contributed by atoms with Crippen molar-refractivity contribution in [3.8, 4) is 0 Å². The van der Waals surface area contributed by atoms with Gasteiger partial charge in [0.15, 0.2) is 5.01 Å². The molecule has 0 bridgehead atoms. The average Bonchev–Trinajstić information content (AvgIpc) is 3.27. The highest BCUT2D eigenvalue weighted by atomic mass is 35.5. The van der Waals surface area contributed by atoms with Gasteiger partial charge in [-0.05, 0) is 50.1 Å². The summed E-state index contributed by atoms with van der Waals surface area (Å²) >= 11 is 7.35. The molecule has 36 heavy (non-hydrogen) atoms. The second kappa shape index (κ2) is 11.5. The van der Waals surface area contributed by atoms with E-state index in [1.807, 2.05) is 12.1 Å². The van der Waals surface area contributed by atoms with E-state index >= 15 is 0 Å². The molecule has 1 aromatic carbocycles. The van der Waals surface area contributed by atoms with Crippen LogP contribution in [0.2, 0.25) is 5.02 Å². The quantitative estimate of drug-likeness (QED) is 0.561. The summed E-state index contributed by atoms with van der Waals surface area (Å²) in [5.41, 5.74) is 1.85. The van der Waals surface area contributed by atoms with Gasteiger partial charge in [-0.3, -0.25) is 14.4 Å². The summed E-state index contributed by atoms with van der Waals surface area (Å²) in [4.78, 5) is 48.1. The van der Waals surface area contributed by atoms with Crippen LogP contribution in [0.25, 0.3) is 6.08 Å². The zero-order valence-electron chi connectivity index (χ0n) is 20.8. The van der Waals surface area contributed by atoms with Crippen molar-refractivity contribution in [2.24, 2.45) is 5.92 Å². The molecule has 2 heterocycles. The van der Waals surface area contributed by atoms with Crippen molar-refractivity contribution in [2.75, 3.05) is 27.7 Å². The first-order valence-electron chi connectivity index (χ1n) is 12.1. The molecule has 1 aliphatic carbocycles. The fourth-order valence-corrected chi connectivity index (χ4v) is 5.94. The van der Waals surface area contributed by atoms with Crippen molar-refractivity contribution in [3.63, 3.8) is 0 Å². The fraction of sp³-hybridized carbons (Fsp3) is 0.462. The molecule has 0 saturated heterocycles. The molecule has 2 aromatic rings. The van der Waals surface area contributed by atoms with Gasteiger partial charge >= 0.3 is 0 Å². The van der Waals surface area contributed by atoms with Crippen molar-refractivity contribution in [1.29, 1.82) is 0 Å². The van der Waals surface area contributed by atoms with E-state index in [-0.39, 0.29) is 35.7 Å². The molecule has 8 nitrogen and oxygen atoms in total. The fourth-order valence-electron chi connectivity index (χ4n) is 4.72. The summed E-state index contributed by atoms with van der Waals surface area (Å²) in [7, 11) is 5.53. The van der Waals surface area contributed by atoms with Gasteiger partial charge in [0.1, 0.15) is 0 Å². The number of aromatic nitrogens is 1. The van der Waals surface area contributed by atoms with Crippen LogP contribution in [-0.4, -0.2) is 72.3 Å². The molecule has 0 radical (unpaired) electrons. The van der Waals surface area contributed by atoms with Gasteiger partial charge in [0.2, 0.25) is 11.8 Å². The van der Waals surface area contributed by atoms with Gasteiger partial charge in [-0.2, -0.15) is 0 Å². The third-order valence-corrected chi connectivity index (χ3v) is 8.03. The van der Waals surface area contributed by atoms with Crippen LogP contribution in [0.3, 0.4) is 0 Å². The van der Waals surface area contributed by atoms with Crippen LogP contribution in [0.15, 0.2) is 30.3 Å². The second-order valence-corrected chi connectivity index (χ2v) is 11.2. The minimum Gasteiger partial charge on any atom is -0.349 e. The molecule has 3 atom stereocenters. The number of carbonyl (C=O) groups excluding carboxylic acids is 3. The maximum Gasteiger partial charge on any atom is 0.280 e. The Bertz CT molecular complexity index is 1150. The van der Waals surface area contributed by atoms with Crippen LogP contribution in [0.1, 0.15) is 45.2 Å². The van der Waals surface area contributed by atoms with Gasteiger partial charge in [0, 0.05) is 61.5 Å². The number of thiazole rings is 1. The highest BCUT2D eigenvalue weighted by Gasteiger charge is 2.36. The van der Waals surface area contributed by atoms with E-state index < -0.39 is 0 Å². The smallest absolute Gasteiger partial charge is 0.280 e. The number of hydrogen-bond acceptors (Lipinski definition) is 6. The maximum absolute atomic E-state index is 13.2. The van der Waals surface area contributed by atoms with Crippen LogP contribution in [-0.2, 0) is 22.6 Å². The predicted octanol–water partition coefficient (Wildman–Crippen LogP) is 2.97. The first-order chi connectivity index (χ1) is 17.2.